The van der Waals surface area contributed by atoms with Crippen molar-refractivity contribution < 1.29 is 13.7 Å². The summed E-state index contributed by atoms with van der Waals surface area (Å²) >= 11 is 0. The van der Waals surface area contributed by atoms with E-state index < -0.39 is 0 Å². The monoisotopic (exact) mass is 586 g/mol. The number of rotatable bonds is 6. The Morgan fingerprint density at radius 2 is 1.83 bits per heavy atom. The predicted octanol–water partition coefficient (Wildman–Crippen LogP) is 4.09. The van der Waals surface area contributed by atoms with Crippen LogP contribution in [0.25, 0.3) is 0 Å². The molecule has 1 aromatic carbocycles. The van der Waals surface area contributed by atoms with Crippen LogP contribution in [0.5, 0.6) is 0 Å². The summed E-state index contributed by atoms with van der Waals surface area (Å²) in [5.74, 6) is 0.698. The summed E-state index contributed by atoms with van der Waals surface area (Å²) < 4.78 is 20.0. The molecule has 0 bridgehead atoms. The van der Waals surface area contributed by atoms with Crippen molar-refractivity contribution in [3.05, 3.63) is 58.9 Å². The lowest BCUT2D eigenvalue weighted by Gasteiger charge is -2.37. The number of benzene rings is 1. The Morgan fingerprint density at radius 3 is 2.44 bits per heavy atom. The molecule has 5 rings (SSSR count). The van der Waals surface area contributed by atoms with Crippen molar-refractivity contribution in [1.82, 2.24) is 25.0 Å². The minimum Gasteiger partial charge on any atom is -0.339 e. The summed E-state index contributed by atoms with van der Waals surface area (Å²) in [5.41, 5.74) is 8.30. The molecule has 2 fully saturated rings. The molecule has 3 aromatic rings. The van der Waals surface area contributed by atoms with Gasteiger partial charge in [0.05, 0.1) is 5.56 Å². The largest absolute Gasteiger partial charge is 0.339 e. The van der Waals surface area contributed by atoms with Gasteiger partial charge in [-0.25, -0.2) is 14.4 Å². The molecule has 2 N–H and O–H groups in total. The minimum atomic E-state index is -0.244. The van der Waals surface area contributed by atoms with Crippen molar-refractivity contribution in [2.24, 2.45) is 5.73 Å². The Bertz CT molecular complexity index is 1340. The number of amides is 1. The van der Waals surface area contributed by atoms with E-state index in [1.807, 2.05) is 29.7 Å². The zero-order chi connectivity index (χ0) is 28.6. The van der Waals surface area contributed by atoms with Crippen LogP contribution >= 0.6 is 12.4 Å². The Hall–Kier alpha value is -3.31. The van der Waals surface area contributed by atoms with Crippen LogP contribution in [0.4, 0.5) is 16.4 Å². The first-order chi connectivity index (χ1) is 19.0. The highest BCUT2D eigenvalue weighted by molar-refractivity contribution is 5.94. The van der Waals surface area contributed by atoms with Crippen LogP contribution < -0.4 is 15.5 Å². The van der Waals surface area contributed by atoms with Gasteiger partial charge in [-0.05, 0) is 38.3 Å². The number of nitrogens with two attached hydrogens (primary N) is 1. The molecule has 2 aromatic heterocycles. The molecule has 2 saturated heterocycles. The van der Waals surface area contributed by atoms with Gasteiger partial charge < -0.3 is 25.0 Å². The van der Waals surface area contributed by atoms with Gasteiger partial charge in [-0.15, -0.1) is 12.4 Å². The summed E-state index contributed by atoms with van der Waals surface area (Å²) in [5, 5.41) is 4.13. The molecular formula is C29H40ClFN8O2. The first-order valence-electron chi connectivity index (χ1n) is 14.0. The number of carbonyl (C=O) groups excluding carboxylic acids is 1. The van der Waals surface area contributed by atoms with E-state index in [4.69, 9.17) is 10.3 Å². The van der Waals surface area contributed by atoms with Crippen molar-refractivity contribution in [3.63, 3.8) is 0 Å². The number of halogens is 2. The zero-order valence-electron chi connectivity index (χ0n) is 24.4. The molecular weight excluding hydrogens is 547 g/mol. The predicted molar refractivity (Wildman–Crippen MR) is 158 cm³/mol. The molecule has 12 heteroatoms. The number of nitrogens with zero attached hydrogens (tertiary/aromatic N) is 7. The molecule has 0 aliphatic carbocycles. The lowest BCUT2D eigenvalue weighted by molar-refractivity contribution is 0.0661. The molecule has 10 nitrogen and oxygen atoms in total. The number of hydrogen-bond donors (Lipinski definition) is 1. The fraction of sp³-hybridized carbons (Fsp3) is 0.552. The van der Waals surface area contributed by atoms with Gasteiger partial charge in [-0.1, -0.05) is 43.6 Å². The van der Waals surface area contributed by atoms with Gasteiger partial charge in [-0.2, -0.15) is 4.98 Å². The van der Waals surface area contributed by atoms with E-state index in [1.165, 1.54) is 6.07 Å². The second-order valence-electron chi connectivity index (χ2n) is 11.9. The van der Waals surface area contributed by atoms with Gasteiger partial charge in [0.1, 0.15) is 5.82 Å². The summed E-state index contributed by atoms with van der Waals surface area (Å²) in [6.07, 6.45) is 4.77. The van der Waals surface area contributed by atoms with Crippen LogP contribution in [0.2, 0.25) is 0 Å². The quantitative estimate of drug-likeness (QED) is 0.455. The number of piperidine rings is 1. The van der Waals surface area contributed by atoms with Crippen LogP contribution in [0.15, 0.2) is 35.1 Å². The summed E-state index contributed by atoms with van der Waals surface area (Å²) in [6.45, 7) is 13.2. The van der Waals surface area contributed by atoms with E-state index in [0.717, 1.165) is 31.5 Å². The summed E-state index contributed by atoms with van der Waals surface area (Å²) in [7, 11) is 0. The minimum absolute atomic E-state index is 0. The third-order valence-corrected chi connectivity index (χ3v) is 7.95. The molecule has 2 atom stereocenters. The molecule has 4 heterocycles. The van der Waals surface area contributed by atoms with Gasteiger partial charge in [0.25, 0.3) is 5.91 Å². The number of aryl methyl sites for hydroxylation is 1. The van der Waals surface area contributed by atoms with E-state index in [1.54, 1.807) is 18.5 Å². The standard InChI is InChI=1S/C29H39FN8O2.ClH/c1-6-38(20-9-11-36(12-10-20)28-34-26(35-40-28)29(3,4)5)25(39)19-14-32-27(33-15-19)37-16-22(24(31)17-37)21-13-18(2)7-8-23(21)30;/h7-8,13-15,20,22,24H,6,9-12,16-17,31H2,1-5H3;1H/t22-,24+;/m1./s1. The van der Waals surface area contributed by atoms with Gasteiger partial charge in [0, 0.05) is 68.5 Å². The summed E-state index contributed by atoms with van der Waals surface area (Å²) in [6, 6.07) is 5.51. The number of anilines is 2. The van der Waals surface area contributed by atoms with Gasteiger partial charge in [-0.3, -0.25) is 4.79 Å². The Balaban J connectivity index is 0.00000387. The lowest BCUT2D eigenvalue weighted by Crippen LogP contribution is -2.47. The van der Waals surface area contributed by atoms with Crippen LogP contribution in [-0.4, -0.2) is 75.7 Å². The van der Waals surface area contributed by atoms with E-state index in [-0.39, 0.29) is 47.5 Å². The third-order valence-electron chi connectivity index (χ3n) is 7.95. The molecule has 1 amide bonds. The normalized spacial score (nSPS) is 19.8. The lowest BCUT2D eigenvalue weighted by atomic mass is 9.93. The molecule has 2 aliphatic heterocycles. The summed E-state index contributed by atoms with van der Waals surface area (Å²) in [4.78, 5) is 33.0. The maximum atomic E-state index is 14.5. The highest BCUT2D eigenvalue weighted by Gasteiger charge is 2.35. The van der Waals surface area contributed by atoms with Gasteiger partial charge >= 0.3 is 6.01 Å². The number of hydrogen-bond acceptors (Lipinski definition) is 9. The van der Waals surface area contributed by atoms with E-state index in [9.17, 15) is 9.18 Å². The highest BCUT2D eigenvalue weighted by Crippen LogP contribution is 2.31. The van der Waals surface area contributed by atoms with Crippen LogP contribution in [0.3, 0.4) is 0 Å². The third kappa shape index (κ3) is 6.46. The van der Waals surface area contributed by atoms with Gasteiger partial charge in [0.15, 0.2) is 5.82 Å². The fourth-order valence-electron chi connectivity index (χ4n) is 5.61. The molecule has 2 aliphatic rings. The van der Waals surface area contributed by atoms with E-state index >= 15 is 0 Å². The second-order valence-corrected chi connectivity index (χ2v) is 11.9. The smallest absolute Gasteiger partial charge is 0.324 e. The topological polar surface area (TPSA) is 118 Å². The maximum Gasteiger partial charge on any atom is 0.324 e. The molecule has 0 spiro atoms. The fourth-order valence-corrected chi connectivity index (χ4v) is 5.61. The number of carbonyl (C=O) groups is 1. The number of aromatic nitrogens is 4. The average molecular weight is 587 g/mol. The SMILES string of the molecule is CCN(C(=O)c1cnc(N2C[C@H](c3cc(C)ccc3F)[C@@H](N)C2)nc1)C1CCN(c2nc(C(C)(C)C)no2)CC1.Cl. The second kappa shape index (κ2) is 12.3. The Labute approximate surface area is 246 Å². The molecule has 0 unspecified atom stereocenters. The van der Waals surface area contributed by atoms with Crippen molar-refractivity contribution in [1.29, 1.82) is 0 Å². The molecule has 41 heavy (non-hydrogen) atoms. The average Bonchev–Trinajstić information content (AvgIpc) is 3.59. The Morgan fingerprint density at radius 1 is 1.15 bits per heavy atom. The van der Waals surface area contributed by atoms with Crippen LogP contribution in [-0.2, 0) is 5.41 Å². The van der Waals surface area contributed by atoms with E-state index in [2.05, 4.69) is 45.8 Å². The zero-order valence-corrected chi connectivity index (χ0v) is 25.2. The van der Waals surface area contributed by atoms with E-state index in [0.29, 0.717) is 48.5 Å². The highest BCUT2D eigenvalue weighted by atomic mass is 35.5. The first-order valence-corrected chi connectivity index (χ1v) is 14.0. The molecule has 0 radical (unpaired) electrons. The maximum absolute atomic E-state index is 14.5. The van der Waals surface area contributed by atoms with Crippen molar-refractivity contribution >= 4 is 30.3 Å². The van der Waals surface area contributed by atoms with Gasteiger partial charge in [0.2, 0.25) is 5.95 Å². The molecule has 0 saturated carbocycles. The Kier molecular flexibility index (Phi) is 9.18. The van der Waals surface area contributed by atoms with Crippen molar-refractivity contribution in [2.45, 2.75) is 70.9 Å². The van der Waals surface area contributed by atoms with Crippen LogP contribution in [0.1, 0.15) is 73.8 Å². The van der Waals surface area contributed by atoms with Crippen molar-refractivity contribution in [2.75, 3.05) is 42.5 Å². The molecule has 222 valence electrons. The first kappa shape index (κ1) is 30.6. The van der Waals surface area contributed by atoms with Crippen LogP contribution in [0, 0.1) is 12.7 Å². The van der Waals surface area contributed by atoms with Crippen molar-refractivity contribution in [3.8, 4) is 0 Å².